The van der Waals surface area contributed by atoms with Gasteiger partial charge in [-0.25, -0.2) is 0 Å². The number of fused-ring (bicyclic) bond motifs is 1. The van der Waals surface area contributed by atoms with Crippen LogP contribution in [-0.4, -0.2) is 13.2 Å². The highest BCUT2D eigenvalue weighted by atomic mass is 79.9. The van der Waals surface area contributed by atoms with Gasteiger partial charge >= 0.3 is 0 Å². The van der Waals surface area contributed by atoms with Gasteiger partial charge in [-0.1, -0.05) is 23.7 Å². The van der Waals surface area contributed by atoms with Crippen LogP contribution in [0.3, 0.4) is 0 Å². The molecule has 0 fully saturated rings. The van der Waals surface area contributed by atoms with Crippen LogP contribution in [0, 0.1) is 0 Å². The molecule has 2 nitrogen and oxygen atoms in total. The van der Waals surface area contributed by atoms with Gasteiger partial charge in [0.2, 0.25) is 0 Å². The van der Waals surface area contributed by atoms with E-state index >= 15 is 0 Å². The van der Waals surface area contributed by atoms with Gasteiger partial charge in [0, 0.05) is 28.1 Å². The number of nitrogens with one attached hydrogen (secondary N) is 1. The molecule has 0 aliphatic carbocycles. The Morgan fingerprint density at radius 1 is 1.20 bits per heavy atom. The molecule has 1 aliphatic heterocycles. The van der Waals surface area contributed by atoms with Crippen LogP contribution in [0.25, 0.3) is 0 Å². The zero-order valence-corrected chi connectivity index (χ0v) is 13.3. The predicted octanol–water partition coefficient (Wildman–Crippen LogP) is 4.69. The average molecular weight is 353 g/mol. The summed E-state index contributed by atoms with van der Waals surface area (Å²) in [5.74, 6) is 1.04. The molecule has 0 spiro atoms. The Labute approximate surface area is 132 Å². The van der Waals surface area contributed by atoms with Gasteiger partial charge < -0.3 is 10.1 Å². The maximum Gasteiger partial charge on any atom is 0.122 e. The van der Waals surface area contributed by atoms with E-state index in [1.165, 1.54) is 11.1 Å². The highest BCUT2D eigenvalue weighted by Crippen LogP contribution is 2.27. The normalized spacial score (nSPS) is 12.9. The second-order valence-corrected chi connectivity index (χ2v) is 6.13. The molecule has 0 atom stereocenters. The van der Waals surface area contributed by atoms with Gasteiger partial charge in [0.25, 0.3) is 0 Å². The van der Waals surface area contributed by atoms with Crippen LogP contribution in [0.5, 0.6) is 5.75 Å². The highest BCUT2D eigenvalue weighted by molar-refractivity contribution is 9.10. The van der Waals surface area contributed by atoms with Crippen molar-refractivity contribution >= 4 is 33.2 Å². The Bertz CT molecular complexity index is 630. The molecule has 3 rings (SSSR count). The summed E-state index contributed by atoms with van der Waals surface area (Å²) in [5.41, 5.74) is 3.69. The zero-order chi connectivity index (χ0) is 13.9. The van der Waals surface area contributed by atoms with E-state index in [1.54, 1.807) is 0 Å². The summed E-state index contributed by atoms with van der Waals surface area (Å²) < 4.78 is 6.55. The molecule has 0 unspecified atom stereocenters. The Balaban J connectivity index is 1.61. The average Bonchev–Trinajstić information content (AvgIpc) is 2.90. The molecule has 0 radical (unpaired) electrons. The summed E-state index contributed by atoms with van der Waals surface area (Å²) in [4.78, 5) is 0. The minimum Gasteiger partial charge on any atom is -0.493 e. The molecule has 20 heavy (non-hydrogen) atoms. The number of halogens is 2. The van der Waals surface area contributed by atoms with Crippen LogP contribution in [0.4, 0.5) is 5.69 Å². The first-order valence-electron chi connectivity index (χ1n) is 6.66. The third-order valence-corrected chi connectivity index (χ3v) is 4.34. The number of hydrogen-bond acceptors (Lipinski definition) is 2. The van der Waals surface area contributed by atoms with Gasteiger partial charge in [0.15, 0.2) is 0 Å². The number of anilines is 1. The Hall–Kier alpha value is -1.19. The van der Waals surface area contributed by atoms with E-state index in [1.807, 2.05) is 18.2 Å². The van der Waals surface area contributed by atoms with E-state index in [0.29, 0.717) is 0 Å². The van der Waals surface area contributed by atoms with E-state index < -0.39 is 0 Å². The van der Waals surface area contributed by atoms with E-state index in [-0.39, 0.29) is 0 Å². The van der Waals surface area contributed by atoms with Crippen molar-refractivity contribution in [3.05, 3.63) is 57.0 Å². The van der Waals surface area contributed by atoms with Gasteiger partial charge in [-0.2, -0.15) is 0 Å². The summed E-state index contributed by atoms with van der Waals surface area (Å²) in [6.07, 6.45) is 2.00. The predicted molar refractivity (Wildman–Crippen MR) is 87.0 cm³/mol. The molecular formula is C16H15BrClNO. The largest absolute Gasteiger partial charge is 0.493 e. The lowest BCUT2D eigenvalue weighted by atomic mass is 10.1. The summed E-state index contributed by atoms with van der Waals surface area (Å²) in [6, 6.07) is 12.2. The molecule has 0 amide bonds. The van der Waals surface area contributed by atoms with Crippen LogP contribution in [0.2, 0.25) is 5.02 Å². The topological polar surface area (TPSA) is 21.3 Å². The quantitative estimate of drug-likeness (QED) is 0.862. The van der Waals surface area contributed by atoms with Crippen molar-refractivity contribution in [2.75, 3.05) is 18.5 Å². The molecule has 1 heterocycles. The highest BCUT2D eigenvalue weighted by Gasteiger charge is 2.11. The summed E-state index contributed by atoms with van der Waals surface area (Å²) in [7, 11) is 0. The van der Waals surface area contributed by atoms with Crippen LogP contribution in [0.15, 0.2) is 40.9 Å². The molecule has 2 aromatic rings. The summed E-state index contributed by atoms with van der Waals surface area (Å²) in [6.45, 7) is 1.69. The van der Waals surface area contributed by atoms with Gasteiger partial charge in [-0.3, -0.25) is 0 Å². The lowest BCUT2D eigenvalue weighted by Crippen LogP contribution is -2.05. The van der Waals surface area contributed by atoms with Crippen molar-refractivity contribution < 1.29 is 4.74 Å². The molecule has 0 bridgehead atoms. The monoisotopic (exact) mass is 351 g/mol. The van der Waals surface area contributed by atoms with E-state index in [9.17, 15) is 0 Å². The maximum atomic E-state index is 6.00. The Kier molecular flexibility index (Phi) is 4.18. The van der Waals surface area contributed by atoms with Crippen LogP contribution in [-0.2, 0) is 12.8 Å². The molecule has 0 saturated heterocycles. The minimum atomic E-state index is 0.741. The number of ether oxygens (including phenoxy) is 1. The fraction of sp³-hybridized carbons (Fsp3) is 0.250. The standard InChI is InChI=1S/C16H15BrClNO/c17-14-3-2-13(18)10-15(14)19-7-5-11-1-4-16-12(9-11)6-8-20-16/h1-4,9-10,19H,5-8H2. The fourth-order valence-corrected chi connectivity index (χ4v) is 2.93. The van der Waals surface area contributed by atoms with Gasteiger partial charge in [0.05, 0.1) is 6.61 Å². The third kappa shape index (κ3) is 3.10. The lowest BCUT2D eigenvalue weighted by Gasteiger charge is -2.09. The molecular weight excluding hydrogens is 338 g/mol. The zero-order valence-electron chi connectivity index (χ0n) is 11.0. The van der Waals surface area contributed by atoms with E-state index in [4.69, 9.17) is 16.3 Å². The molecule has 104 valence electrons. The van der Waals surface area contributed by atoms with E-state index in [0.717, 1.165) is 46.9 Å². The molecule has 2 aromatic carbocycles. The fourth-order valence-electron chi connectivity index (χ4n) is 2.37. The van der Waals surface area contributed by atoms with Crippen molar-refractivity contribution in [1.29, 1.82) is 0 Å². The third-order valence-electron chi connectivity index (χ3n) is 3.41. The first-order chi connectivity index (χ1) is 9.72. The van der Waals surface area contributed by atoms with Crippen molar-refractivity contribution in [3.8, 4) is 5.75 Å². The molecule has 4 heteroatoms. The van der Waals surface area contributed by atoms with Crippen molar-refractivity contribution in [2.24, 2.45) is 0 Å². The molecule has 0 aromatic heterocycles. The Morgan fingerprint density at radius 2 is 2.10 bits per heavy atom. The van der Waals surface area contributed by atoms with Crippen molar-refractivity contribution in [3.63, 3.8) is 0 Å². The number of rotatable bonds is 4. The minimum absolute atomic E-state index is 0.741. The first kappa shape index (κ1) is 13.8. The van der Waals surface area contributed by atoms with Crippen molar-refractivity contribution in [1.82, 2.24) is 0 Å². The first-order valence-corrected chi connectivity index (χ1v) is 7.83. The van der Waals surface area contributed by atoms with Crippen LogP contribution in [0.1, 0.15) is 11.1 Å². The molecule has 1 N–H and O–H groups in total. The second-order valence-electron chi connectivity index (χ2n) is 4.84. The van der Waals surface area contributed by atoms with Crippen LogP contribution < -0.4 is 10.1 Å². The van der Waals surface area contributed by atoms with Crippen molar-refractivity contribution in [2.45, 2.75) is 12.8 Å². The molecule has 0 saturated carbocycles. The smallest absolute Gasteiger partial charge is 0.122 e. The molecule has 1 aliphatic rings. The second kappa shape index (κ2) is 6.06. The van der Waals surface area contributed by atoms with Gasteiger partial charge in [-0.05, 0) is 57.7 Å². The lowest BCUT2D eigenvalue weighted by molar-refractivity contribution is 0.357. The Morgan fingerprint density at radius 3 is 3.00 bits per heavy atom. The van der Waals surface area contributed by atoms with E-state index in [2.05, 4.69) is 39.4 Å². The maximum absolute atomic E-state index is 6.00. The van der Waals surface area contributed by atoms with Gasteiger partial charge in [0.1, 0.15) is 5.75 Å². The summed E-state index contributed by atoms with van der Waals surface area (Å²) in [5, 5.41) is 4.15. The summed E-state index contributed by atoms with van der Waals surface area (Å²) >= 11 is 9.52. The SMILES string of the molecule is Clc1ccc(Br)c(NCCc2ccc3c(c2)CCO3)c1. The van der Waals surface area contributed by atoms with Gasteiger partial charge in [-0.15, -0.1) is 0 Å². The van der Waals surface area contributed by atoms with Crippen LogP contribution >= 0.6 is 27.5 Å². The number of benzene rings is 2. The number of hydrogen-bond donors (Lipinski definition) is 1.